The van der Waals surface area contributed by atoms with E-state index in [2.05, 4.69) is 15.3 Å². The molecule has 0 saturated heterocycles. The third-order valence-corrected chi connectivity index (χ3v) is 5.18. The van der Waals surface area contributed by atoms with Crippen LogP contribution in [0, 0.1) is 0 Å². The van der Waals surface area contributed by atoms with E-state index in [1.165, 1.54) is 0 Å². The van der Waals surface area contributed by atoms with Crippen LogP contribution in [-0.2, 0) is 13.3 Å². The van der Waals surface area contributed by atoms with Gasteiger partial charge in [-0.25, -0.2) is 0 Å². The summed E-state index contributed by atoms with van der Waals surface area (Å²) in [7, 11) is -1.55. The Morgan fingerprint density at radius 1 is 0.889 bits per heavy atom. The molecule has 0 aliphatic carbocycles. The number of hydrogen-bond acceptors (Lipinski definition) is 3. The molecule has 0 bridgehead atoms. The van der Waals surface area contributed by atoms with Crippen molar-refractivity contribution in [3.05, 3.63) is 30.3 Å². The van der Waals surface area contributed by atoms with Gasteiger partial charge in [-0.3, -0.25) is 0 Å². The second-order valence-electron chi connectivity index (χ2n) is 3.22. The molecule has 3 nitrogen and oxygen atoms in total. The third-order valence-electron chi connectivity index (χ3n) is 2.13. The van der Waals surface area contributed by atoms with Crippen LogP contribution in [0.2, 0.25) is 0 Å². The Kier molecular flexibility index (Phi) is 10.9. The second kappa shape index (κ2) is 10.9. The van der Waals surface area contributed by atoms with E-state index >= 15 is 0 Å². The molecule has 104 valence electrons. The van der Waals surface area contributed by atoms with E-state index in [1.807, 2.05) is 51.1 Å². The van der Waals surface area contributed by atoms with E-state index in [4.69, 9.17) is 13.3 Å². The molecule has 0 aliphatic heterocycles. The molecule has 0 radical (unpaired) electrons. The van der Waals surface area contributed by atoms with Crippen molar-refractivity contribution < 1.29 is 13.3 Å². The Balaban J connectivity index is 0.00000137. The monoisotopic (exact) mass is 350 g/mol. The van der Waals surface area contributed by atoms with Gasteiger partial charge in [-0.15, -0.1) is 15.3 Å². The molecule has 1 aromatic rings. The largest absolute Gasteiger partial charge is 0.537 e. The molecular weight excluding hydrogens is 328 g/mol. The van der Waals surface area contributed by atoms with Gasteiger partial charge in [0.1, 0.15) is 0 Å². The molecule has 0 heterocycles. The number of rotatable bonds is 7. The molecule has 0 saturated carbocycles. The first-order valence-electron chi connectivity index (χ1n) is 6.14. The molecule has 0 amide bonds. The molecule has 1 aromatic carbocycles. The first-order valence-corrected chi connectivity index (χ1v) is 13.4. The Morgan fingerprint density at radius 2 is 1.28 bits per heavy atom. The van der Waals surface area contributed by atoms with Gasteiger partial charge < -0.3 is 13.3 Å². The predicted molar refractivity (Wildman–Crippen MR) is 85.6 cm³/mol. The van der Waals surface area contributed by atoms with Gasteiger partial charge in [-0.1, -0.05) is 30.3 Å². The quantitative estimate of drug-likeness (QED) is 0.552. The first-order chi connectivity index (χ1) is 8.79. The summed E-state index contributed by atoms with van der Waals surface area (Å²) in [4.78, 5) is 0. The van der Waals surface area contributed by atoms with Crippen LogP contribution >= 0.6 is 15.3 Å². The lowest BCUT2D eigenvalue weighted by Crippen LogP contribution is -2.56. The van der Waals surface area contributed by atoms with Gasteiger partial charge in [-0.05, 0) is 20.8 Å². The summed E-state index contributed by atoms with van der Waals surface area (Å²) in [6.07, 6.45) is 0. The van der Waals surface area contributed by atoms with Gasteiger partial charge in [-0.2, -0.15) is 0 Å². The predicted octanol–water partition coefficient (Wildman–Crippen LogP) is 1.60. The molecule has 0 aromatic heterocycles. The summed E-state index contributed by atoms with van der Waals surface area (Å²) in [5, 5.41) is 1.03. The Morgan fingerprint density at radius 3 is 1.61 bits per heavy atom. The van der Waals surface area contributed by atoms with E-state index in [-0.39, 0.29) is 0 Å². The average Bonchev–Trinajstić information content (AvgIpc) is 2.43. The third kappa shape index (κ3) is 5.33. The van der Waals surface area contributed by atoms with Crippen LogP contribution in [0.15, 0.2) is 30.3 Å². The fourth-order valence-electron chi connectivity index (χ4n) is 1.59. The molecule has 0 aliphatic rings. The molecule has 0 spiro atoms. The highest BCUT2D eigenvalue weighted by molar-refractivity contribution is 9.22. The molecule has 1 rings (SSSR count). The van der Waals surface area contributed by atoms with Crippen LogP contribution in [0.3, 0.4) is 0 Å². The molecule has 18 heavy (non-hydrogen) atoms. The summed E-state index contributed by atoms with van der Waals surface area (Å²) in [5.74, 6) is 0. The lowest BCUT2D eigenvalue weighted by atomic mass is 10.4. The standard InChI is InChI=1S/C12H20O3Si.BrH3Si/c1-4-13-16(14-5-2,15-6-3)12-10-8-7-9-11-12;1-2/h7-11H,4-6H2,1-3H3;2H3. The van der Waals surface area contributed by atoms with Gasteiger partial charge >= 0.3 is 8.80 Å². The highest BCUT2D eigenvalue weighted by Crippen LogP contribution is 2.10. The summed E-state index contributed by atoms with van der Waals surface area (Å²) >= 11 is 3.08. The minimum Gasteiger partial charge on any atom is -0.370 e. The van der Waals surface area contributed by atoms with Crippen LogP contribution in [0.5, 0.6) is 0 Å². The molecular formula is C12H23BrO3Si2. The van der Waals surface area contributed by atoms with E-state index in [1.54, 1.807) is 0 Å². The molecule has 0 fully saturated rings. The second-order valence-corrected chi connectivity index (χ2v) is 5.78. The van der Waals surface area contributed by atoms with Crippen LogP contribution in [0.1, 0.15) is 20.8 Å². The number of benzene rings is 1. The van der Waals surface area contributed by atoms with E-state index in [0.717, 1.165) is 14.0 Å². The molecule has 6 heteroatoms. The van der Waals surface area contributed by atoms with Crippen molar-refractivity contribution in [1.82, 2.24) is 0 Å². The van der Waals surface area contributed by atoms with Crippen LogP contribution in [0.4, 0.5) is 0 Å². The van der Waals surface area contributed by atoms with Crippen molar-refractivity contribution in [3.8, 4) is 0 Å². The fraction of sp³-hybridized carbons (Fsp3) is 0.500. The zero-order chi connectivity index (χ0) is 13.9. The Labute approximate surface area is 122 Å². The smallest absolute Gasteiger partial charge is 0.370 e. The van der Waals surface area contributed by atoms with Crippen molar-refractivity contribution in [1.29, 1.82) is 0 Å². The normalized spacial score (nSPS) is 10.9. The van der Waals surface area contributed by atoms with Gasteiger partial charge in [0, 0.05) is 25.0 Å². The topological polar surface area (TPSA) is 27.7 Å². The summed E-state index contributed by atoms with van der Waals surface area (Å²) in [6, 6.07) is 9.95. The molecule has 0 unspecified atom stereocenters. The van der Waals surface area contributed by atoms with Crippen LogP contribution in [-0.4, -0.2) is 37.5 Å². The summed E-state index contributed by atoms with van der Waals surface area (Å²) < 4.78 is 17.4. The Bertz CT molecular complexity index is 282. The first kappa shape index (κ1) is 18.0. The highest BCUT2D eigenvalue weighted by Gasteiger charge is 2.42. The van der Waals surface area contributed by atoms with Gasteiger partial charge in [0.15, 0.2) is 0 Å². The zero-order valence-corrected chi connectivity index (χ0v) is 16.2. The van der Waals surface area contributed by atoms with Crippen LogP contribution < -0.4 is 5.19 Å². The van der Waals surface area contributed by atoms with Gasteiger partial charge in [0.25, 0.3) is 0 Å². The average molecular weight is 351 g/mol. The summed E-state index contributed by atoms with van der Waals surface area (Å²) in [5.41, 5.74) is 0. The summed E-state index contributed by atoms with van der Waals surface area (Å²) in [6.45, 7) is 7.68. The van der Waals surface area contributed by atoms with E-state index in [0.29, 0.717) is 19.8 Å². The van der Waals surface area contributed by atoms with Crippen molar-refractivity contribution >= 4 is 38.1 Å². The van der Waals surface area contributed by atoms with Crippen molar-refractivity contribution in [2.45, 2.75) is 20.8 Å². The molecule has 0 atom stereocenters. The van der Waals surface area contributed by atoms with Gasteiger partial charge in [0.2, 0.25) is 0 Å². The Hall–Kier alpha value is 0.0138. The van der Waals surface area contributed by atoms with Crippen molar-refractivity contribution in [2.75, 3.05) is 19.8 Å². The van der Waals surface area contributed by atoms with Crippen LogP contribution in [0.25, 0.3) is 0 Å². The number of hydrogen-bond donors (Lipinski definition) is 0. The lowest BCUT2D eigenvalue weighted by Gasteiger charge is -2.28. The van der Waals surface area contributed by atoms with Crippen molar-refractivity contribution in [2.24, 2.45) is 0 Å². The van der Waals surface area contributed by atoms with E-state index in [9.17, 15) is 0 Å². The highest BCUT2D eigenvalue weighted by atomic mass is 79.9. The van der Waals surface area contributed by atoms with Gasteiger partial charge in [0.05, 0.1) is 8.86 Å². The van der Waals surface area contributed by atoms with E-state index < -0.39 is 8.80 Å². The van der Waals surface area contributed by atoms with Crippen molar-refractivity contribution in [3.63, 3.8) is 0 Å². The minimum absolute atomic E-state index is 0.598. The molecule has 0 N–H and O–H groups in total. The maximum absolute atomic E-state index is 5.79. The fourth-order valence-corrected chi connectivity index (χ4v) is 4.08. The minimum atomic E-state index is -2.67. The maximum Gasteiger partial charge on any atom is 0.537 e. The SMILES string of the molecule is CCO[Si](OCC)(OCC)c1ccccc1.[SiH3]Br. The number of halogens is 1. The maximum atomic E-state index is 5.79. The zero-order valence-electron chi connectivity index (χ0n) is 11.6. The lowest BCUT2D eigenvalue weighted by molar-refractivity contribution is 0.0859.